The Hall–Kier alpha value is -4.30. The summed E-state index contributed by atoms with van der Waals surface area (Å²) in [6, 6.07) is 17.6. The normalized spacial score (nSPS) is 11.1. The van der Waals surface area contributed by atoms with Crippen molar-refractivity contribution in [1.82, 2.24) is 18.9 Å². The number of nitrogens with zero attached hydrogens (tertiary/aromatic N) is 4. The highest BCUT2D eigenvalue weighted by Gasteiger charge is 2.17. The number of anilines is 1. The third-order valence-electron chi connectivity index (χ3n) is 5.79. The smallest absolute Gasteiger partial charge is 0.272 e. The first-order valence-corrected chi connectivity index (χ1v) is 10.6. The zero-order valence-corrected chi connectivity index (χ0v) is 19.0. The van der Waals surface area contributed by atoms with Gasteiger partial charge in [-0.1, -0.05) is 12.1 Å². The Kier molecular flexibility index (Phi) is 5.66. The molecule has 3 heterocycles. The molecule has 0 fully saturated rings. The Balaban J connectivity index is 0.00000253. The quantitative estimate of drug-likeness (QED) is 0.338. The summed E-state index contributed by atoms with van der Waals surface area (Å²) >= 11 is 0. The number of halogens is 3. The summed E-state index contributed by atoms with van der Waals surface area (Å²) in [7, 11) is 0. The van der Waals surface area contributed by atoms with Gasteiger partial charge in [-0.3, -0.25) is 14.2 Å². The molecule has 6 aromatic rings. The predicted octanol–water partition coefficient (Wildman–Crippen LogP) is 5.84. The fourth-order valence-corrected chi connectivity index (χ4v) is 4.27. The summed E-state index contributed by atoms with van der Waals surface area (Å²) in [4.78, 5) is 22.0. The van der Waals surface area contributed by atoms with Gasteiger partial charge in [0, 0.05) is 35.5 Å². The lowest BCUT2D eigenvalue weighted by Crippen LogP contribution is -2.17. The van der Waals surface area contributed by atoms with Crippen molar-refractivity contribution in [3.8, 4) is 0 Å². The molecule has 0 spiro atoms. The van der Waals surface area contributed by atoms with Crippen LogP contribution in [0.15, 0.2) is 85.3 Å². The Morgan fingerprint density at radius 1 is 0.943 bits per heavy atom. The number of amides is 1. The van der Waals surface area contributed by atoms with E-state index >= 15 is 0 Å². The lowest BCUT2D eigenvalue weighted by molar-refractivity contribution is 0.101. The second kappa shape index (κ2) is 8.81. The van der Waals surface area contributed by atoms with Gasteiger partial charge in [0.25, 0.3) is 5.91 Å². The van der Waals surface area contributed by atoms with Gasteiger partial charge in [0.2, 0.25) is 0 Å². The monoisotopic (exact) mass is 489 g/mol. The molecule has 6 nitrogen and oxygen atoms in total. The Labute approximate surface area is 204 Å². The number of aromatic nitrogens is 4. The topological polar surface area (TPSA) is 64.2 Å². The first-order chi connectivity index (χ1) is 16.5. The molecule has 35 heavy (non-hydrogen) atoms. The number of fused-ring (bicyclic) bond motifs is 4. The fourth-order valence-electron chi connectivity index (χ4n) is 4.27. The molecule has 9 heteroatoms. The van der Waals surface area contributed by atoms with Crippen molar-refractivity contribution in [2.45, 2.75) is 6.54 Å². The largest absolute Gasteiger partial charge is 0.332 e. The Bertz CT molecular complexity index is 1730. The van der Waals surface area contributed by atoms with Gasteiger partial charge in [-0.05, 0) is 60.2 Å². The molecule has 1 amide bonds. The molecule has 0 aliphatic carbocycles. The first-order valence-electron chi connectivity index (χ1n) is 10.6. The summed E-state index contributed by atoms with van der Waals surface area (Å²) in [5, 5.41) is 3.52. The van der Waals surface area contributed by atoms with Crippen LogP contribution in [-0.2, 0) is 6.54 Å². The van der Waals surface area contributed by atoms with E-state index in [1.807, 2.05) is 22.7 Å². The number of carbonyl (C=O) groups is 1. The summed E-state index contributed by atoms with van der Waals surface area (Å²) in [5.41, 5.74) is 4.62. The van der Waals surface area contributed by atoms with Gasteiger partial charge in [-0.25, -0.2) is 13.8 Å². The fraction of sp³-hybridized carbons (Fsp3) is 0.0385. The standard InChI is InChI=1S/C26H17F2N5O.ClH/c27-18-3-1-2-16(10-18)15-33-22-7-4-19(28)11-17(22)12-24(33)26(34)30-20-5-6-21-23(13-20)32-9-8-29-14-25(32)31-21;/h1-14H,15H2,(H,30,34);1H. The van der Waals surface area contributed by atoms with Crippen LogP contribution in [0.3, 0.4) is 0 Å². The average Bonchev–Trinajstić information content (AvgIpc) is 3.37. The summed E-state index contributed by atoms with van der Waals surface area (Å²) in [6.07, 6.45) is 5.15. The van der Waals surface area contributed by atoms with Crippen molar-refractivity contribution in [1.29, 1.82) is 0 Å². The molecule has 0 saturated carbocycles. The minimum Gasteiger partial charge on any atom is -0.332 e. The molecule has 3 aromatic heterocycles. The van der Waals surface area contributed by atoms with E-state index in [2.05, 4.69) is 15.3 Å². The van der Waals surface area contributed by atoms with E-state index in [-0.39, 0.29) is 30.7 Å². The molecule has 0 unspecified atom stereocenters. The molecule has 0 bridgehead atoms. The van der Waals surface area contributed by atoms with Crippen LogP contribution in [0.4, 0.5) is 14.5 Å². The lowest BCUT2D eigenvalue weighted by Gasteiger charge is -2.12. The van der Waals surface area contributed by atoms with E-state index in [9.17, 15) is 13.6 Å². The molecule has 0 aliphatic heterocycles. The molecule has 3 aromatic carbocycles. The number of nitrogens with one attached hydrogen (secondary N) is 1. The average molecular weight is 490 g/mol. The third kappa shape index (κ3) is 4.08. The van der Waals surface area contributed by atoms with Crippen LogP contribution in [0.2, 0.25) is 0 Å². The number of benzene rings is 3. The van der Waals surface area contributed by atoms with E-state index < -0.39 is 5.82 Å². The van der Waals surface area contributed by atoms with Crippen molar-refractivity contribution >= 4 is 51.6 Å². The van der Waals surface area contributed by atoms with Crippen LogP contribution >= 0.6 is 12.4 Å². The van der Waals surface area contributed by atoms with Crippen LogP contribution in [0, 0.1) is 11.6 Å². The van der Waals surface area contributed by atoms with E-state index in [0.29, 0.717) is 33.5 Å². The highest BCUT2D eigenvalue weighted by molar-refractivity contribution is 6.07. The maximum Gasteiger partial charge on any atom is 0.272 e. The molecule has 174 valence electrons. The minimum absolute atomic E-state index is 0. The molecule has 6 rings (SSSR count). The second-order valence-corrected chi connectivity index (χ2v) is 8.02. The van der Waals surface area contributed by atoms with Crippen molar-refractivity contribution in [2.75, 3.05) is 5.32 Å². The zero-order valence-electron chi connectivity index (χ0n) is 18.2. The van der Waals surface area contributed by atoms with Crippen LogP contribution in [0.25, 0.3) is 27.6 Å². The van der Waals surface area contributed by atoms with E-state index in [4.69, 9.17) is 0 Å². The SMILES string of the molecule is Cl.O=C(Nc1ccc2nc3cnccn3c2c1)c1cc2cc(F)ccc2n1Cc1cccc(F)c1. The maximum atomic E-state index is 13.9. The van der Waals surface area contributed by atoms with Gasteiger partial charge in [0.05, 0.1) is 17.2 Å². The minimum atomic E-state index is -0.394. The molecular formula is C26H18ClF2N5O. The molecular weight excluding hydrogens is 472 g/mol. The Morgan fingerprint density at radius 2 is 1.80 bits per heavy atom. The van der Waals surface area contributed by atoms with Crippen LogP contribution in [0.1, 0.15) is 16.1 Å². The molecule has 0 radical (unpaired) electrons. The number of imidazole rings is 1. The molecule has 0 aliphatic rings. The van der Waals surface area contributed by atoms with Crippen molar-refractivity contribution in [3.05, 3.63) is 108 Å². The van der Waals surface area contributed by atoms with Gasteiger partial charge in [0.1, 0.15) is 17.3 Å². The van der Waals surface area contributed by atoms with Crippen LogP contribution in [0.5, 0.6) is 0 Å². The molecule has 0 atom stereocenters. The van der Waals surface area contributed by atoms with E-state index in [1.165, 1.54) is 24.3 Å². The summed E-state index contributed by atoms with van der Waals surface area (Å²) in [6.45, 7) is 0.259. The summed E-state index contributed by atoms with van der Waals surface area (Å²) in [5.74, 6) is -1.11. The van der Waals surface area contributed by atoms with Crippen molar-refractivity contribution < 1.29 is 13.6 Å². The number of hydrogen-bond acceptors (Lipinski definition) is 3. The zero-order chi connectivity index (χ0) is 23.2. The van der Waals surface area contributed by atoms with Gasteiger partial charge in [0.15, 0.2) is 5.65 Å². The number of carbonyl (C=O) groups excluding carboxylic acids is 1. The van der Waals surface area contributed by atoms with E-state index in [1.54, 1.807) is 47.3 Å². The van der Waals surface area contributed by atoms with Crippen molar-refractivity contribution in [3.63, 3.8) is 0 Å². The van der Waals surface area contributed by atoms with Gasteiger partial charge in [-0.15, -0.1) is 12.4 Å². The lowest BCUT2D eigenvalue weighted by atomic mass is 10.2. The second-order valence-electron chi connectivity index (χ2n) is 8.02. The van der Waals surface area contributed by atoms with Crippen LogP contribution in [-0.4, -0.2) is 24.8 Å². The highest BCUT2D eigenvalue weighted by atomic mass is 35.5. The van der Waals surface area contributed by atoms with Crippen molar-refractivity contribution in [2.24, 2.45) is 0 Å². The predicted molar refractivity (Wildman–Crippen MR) is 133 cm³/mol. The van der Waals surface area contributed by atoms with Gasteiger partial charge < -0.3 is 9.88 Å². The van der Waals surface area contributed by atoms with Crippen LogP contribution < -0.4 is 5.32 Å². The molecule has 0 saturated heterocycles. The van der Waals surface area contributed by atoms with E-state index in [0.717, 1.165) is 11.0 Å². The number of rotatable bonds is 4. The summed E-state index contributed by atoms with van der Waals surface area (Å²) < 4.78 is 31.3. The first kappa shape index (κ1) is 22.5. The highest BCUT2D eigenvalue weighted by Crippen LogP contribution is 2.25. The van der Waals surface area contributed by atoms with Gasteiger partial charge in [-0.2, -0.15) is 0 Å². The van der Waals surface area contributed by atoms with Gasteiger partial charge >= 0.3 is 0 Å². The number of hydrogen-bond donors (Lipinski definition) is 1. The Morgan fingerprint density at radius 3 is 2.66 bits per heavy atom. The molecule has 1 N–H and O–H groups in total. The third-order valence-corrected chi connectivity index (χ3v) is 5.79. The maximum absolute atomic E-state index is 13.9.